The lowest BCUT2D eigenvalue weighted by Gasteiger charge is -2.16. The summed E-state index contributed by atoms with van der Waals surface area (Å²) in [5, 5.41) is 9.67. The van der Waals surface area contributed by atoms with Crippen molar-refractivity contribution in [2.75, 3.05) is 17.7 Å². The van der Waals surface area contributed by atoms with E-state index in [0.717, 1.165) is 0 Å². The van der Waals surface area contributed by atoms with Crippen LogP contribution in [0.3, 0.4) is 0 Å². The van der Waals surface area contributed by atoms with Crippen molar-refractivity contribution in [2.45, 2.75) is 20.8 Å². The molecule has 28 heavy (non-hydrogen) atoms. The van der Waals surface area contributed by atoms with Crippen LogP contribution in [0, 0.1) is 5.41 Å². The SMILES string of the molecule is CNC(=O)Nc1cc(Oc2ccc(NC(=O)NC(=O)C(C)(C)C)nc2)ccn1. The van der Waals surface area contributed by atoms with Gasteiger partial charge in [0.1, 0.15) is 23.1 Å². The van der Waals surface area contributed by atoms with Crippen LogP contribution in [0.4, 0.5) is 21.2 Å². The smallest absolute Gasteiger partial charge is 0.327 e. The normalized spacial score (nSPS) is 10.6. The lowest BCUT2D eigenvalue weighted by Crippen LogP contribution is -2.41. The number of carbonyl (C=O) groups is 3. The van der Waals surface area contributed by atoms with Crippen LogP contribution in [0.1, 0.15) is 20.8 Å². The highest BCUT2D eigenvalue weighted by molar-refractivity contribution is 6.02. The molecule has 2 rings (SSSR count). The van der Waals surface area contributed by atoms with E-state index in [9.17, 15) is 14.4 Å². The number of anilines is 2. The van der Waals surface area contributed by atoms with E-state index in [1.54, 1.807) is 39.0 Å². The Morgan fingerprint density at radius 3 is 2.25 bits per heavy atom. The monoisotopic (exact) mass is 386 g/mol. The molecule has 0 aliphatic heterocycles. The van der Waals surface area contributed by atoms with Gasteiger partial charge in [0, 0.05) is 24.7 Å². The van der Waals surface area contributed by atoms with Crippen molar-refractivity contribution in [3.05, 3.63) is 36.7 Å². The van der Waals surface area contributed by atoms with E-state index in [-0.39, 0.29) is 5.82 Å². The van der Waals surface area contributed by atoms with Gasteiger partial charge in [-0.05, 0) is 18.2 Å². The number of carbonyl (C=O) groups excluding carboxylic acids is 3. The molecule has 0 spiro atoms. The second kappa shape index (κ2) is 8.80. The van der Waals surface area contributed by atoms with Gasteiger partial charge in [0.05, 0.1) is 6.20 Å². The summed E-state index contributed by atoms with van der Waals surface area (Å²) >= 11 is 0. The number of urea groups is 2. The largest absolute Gasteiger partial charge is 0.456 e. The highest BCUT2D eigenvalue weighted by Gasteiger charge is 2.23. The first kappa shape index (κ1) is 20.6. The van der Waals surface area contributed by atoms with E-state index in [4.69, 9.17) is 4.74 Å². The first-order valence-electron chi connectivity index (χ1n) is 8.38. The van der Waals surface area contributed by atoms with Gasteiger partial charge in [0.25, 0.3) is 0 Å². The summed E-state index contributed by atoms with van der Waals surface area (Å²) in [6.45, 7) is 5.11. The third-order valence-electron chi connectivity index (χ3n) is 3.32. The van der Waals surface area contributed by atoms with Gasteiger partial charge in [-0.3, -0.25) is 20.7 Å². The van der Waals surface area contributed by atoms with E-state index in [0.29, 0.717) is 17.3 Å². The molecule has 10 nitrogen and oxygen atoms in total. The molecule has 0 fully saturated rings. The molecule has 148 valence electrons. The van der Waals surface area contributed by atoms with Crippen molar-refractivity contribution < 1.29 is 19.1 Å². The van der Waals surface area contributed by atoms with E-state index >= 15 is 0 Å². The second-order valence-corrected chi connectivity index (χ2v) is 6.72. The fourth-order valence-electron chi connectivity index (χ4n) is 1.81. The number of hydrogen-bond acceptors (Lipinski definition) is 6. The van der Waals surface area contributed by atoms with Crippen molar-refractivity contribution in [3.63, 3.8) is 0 Å². The molecule has 4 N–H and O–H groups in total. The minimum absolute atomic E-state index is 0.253. The molecule has 0 aliphatic rings. The standard InChI is InChI=1S/C18H22N6O4/c1-18(2,3)15(25)24-17(27)22-13-6-5-12(10-21-13)28-11-7-8-20-14(9-11)23-16(26)19-4/h5-10H,1-4H3,(H2,19,20,23,26)(H2,21,22,24,25,27). The van der Waals surface area contributed by atoms with Crippen LogP contribution in [0.25, 0.3) is 0 Å². The van der Waals surface area contributed by atoms with Crippen molar-refractivity contribution >= 4 is 29.6 Å². The van der Waals surface area contributed by atoms with Crippen LogP contribution in [0.5, 0.6) is 11.5 Å². The third-order valence-corrected chi connectivity index (χ3v) is 3.32. The summed E-state index contributed by atoms with van der Waals surface area (Å²) in [6, 6.07) is 5.23. The maximum absolute atomic E-state index is 11.8. The molecule has 0 unspecified atom stereocenters. The Morgan fingerprint density at radius 1 is 0.929 bits per heavy atom. The molecule has 0 saturated heterocycles. The molecule has 0 bridgehead atoms. The average Bonchev–Trinajstić information content (AvgIpc) is 2.62. The predicted molar refractivity (Wildman–Crippen MR) is 103 cm³/mol. The number of ether oxygens (including phenoxy) is 1. The van der Waals surface area contributed by atoms with Gasteiger partial charge in [-0.1, -0.05) is 20.8 Å². The molecular formula is C18H22N6O4. The molecule has 0 atom stereocenters. The Balaban J connectivity index is 1.96. The summed E-state index contributed by atoms with van der Waals surface area (Å²) in [6.07, 6.45) is 2.90. The molecule has 5 amide bonds. The molecule has 2 aromatic heterocycles. The van der Waals surface area contributed by atoms with Crippen molar-refractivity contribution in [1.82, 2.24) is 20.6 Å². The molecule has 0 saturated carbocycles. The number of amides is 5. The van der Waals surface area contributed by atoms with Crippen LogP contribution in [-0.4, -0.2) is 35.0 Å². The summed E-state index contributed by atoms with van der Waals surface area (Å²) in [4.78, 5) is 43.0. The first-order valence-corrected chi connectivity index (χ1v) is 8.38. The van der Waals surface area contributed by atoms with E-state index in [1.807, 2.05) is 0 Å². The quantitative estimate of drug-likeness (QED) is 0.638. The molecule has 0 aromatic carbocycles. The maximum Gasteiger partial charge on any atom is 0.327 e. The van der Waals surface area contributed by atoms with Gasteiger partial charge < -0.3 is 10.1 Å². The van der Waals surface area contributed by atoms with Crippen molar-refractivity contribution in [2.24, 2.45) is 5.41 Å². The van der Waals surface area contributed by atoms with Gasteiger partial charge >= 0.3 is 12.1 Å². The van der Waals surface area contributed by atoms with Crippen LogP contribution in [0.2, 0.25) is 0 Å². The van der Waals surface area contributed by atoms with Gasteiger partial charge in [-0.2, -0.15) is 0 Å². The van der Waals surface area contributed by atoms with Gasteiger partial charge in [-0.25, -0.2) is 19.6 Å². The molecule has 0 aliphatic carbocycles. The number of rotatable bonds is 4. The van der Waals surface area contributed by atoms with Crippen LogP contribution in [-0.2, 0) is 4.79 Å². The van der Waals surface area contributed by atoms with Crippen molar-refractivity contribution in [1.29, 1.82) is 0 Å². The highest BCUT2D eigenvalue weighted by atomic mass is 16.5. The minimum atomic E-state index is -0.682. The van der Waals surface area contributed by atoms with Gasteiger partial charge in [-0.15, -0.1) is 0 Å². The zero-order chi connectivity index (χ0) is 20.7. The number of nitrogens with zero attached hydrogens (tertiary/aromatic N) is 2. The van der Waals surface area contributed by atoms with E-state index in [2.05, 4.69) is 31.2 Å². The maximum atomic E-state index is 11.8. The number of nitrogens with one attached hydrogen (secondary N) is 4. The molecule has 2 heterocycles. The Hall–Kier alpha value is -3.69. The van der Waals surface area contributed by atoms with Crippen molar-refractivity contribution in [3.8, 4) is 11.5 Å². The number of imide groups is 1. The fraction of sp³-hybridized carbons (Fsp3) is 0.278. The fourth-order valence-corrected chi connectivity index (χ4v) is 1.81. The van der Waals surface area contributed by atoms with Crippen LogP contribution < -0.4 is 26.0 Å². The number of hydrogen-bond donors (Lipinski definition) is 4. The number of aromatic nitrogens is 2. The molecule has 10 heteroatoms. The van der Waals surface area contributed by atoms with E-state index in [1.165, 1.54) is 25.5 Å². The Kier molecular flexibility index (Phi) is 6.48. The second-order valence-electron chi connectivity index (χ2n) is 6.72. The van der Waals surface area contributed by atoms with Crippen LogP contribution in [0.15, 0.2) is 36.7 Å². The summed E-state index contributed by atoms with van der Waals surface area (Å²) in [5.74, 6) is 1.03. The first-order chi connectivity index (χ1) is 13.2. The lowest BCUT2D eigenvalue weighted by atomic mass is 9.96. The zero-order valence-corrected chi connectivity index (χ0v) is 16.0. The summed E-state index contributed by atoms with van der Waals surface area (Å²) in [5.41, 5.74) is -0.682. The highest BCUT2D eigenvalue weighted by Crippen LogP contribution is 2.23. The topological polar surface area (TPSA) is 134 Å². The van der Waals surface area contributed by atoms with Gasteiger partial charge in [0.2, 0.25) is 5.91 Å². The Morgan fingerprint density at radius 2 is 1.64 bits per heavy atom. The number of pyridine rings is 2. The van der Waals surface area contributed by atoms with Crippen LogP contribution >= 0.6 is 0 Å². The predicted octanol–water partition coefficient (Wildman–Crippen LogP) is 2.71. The zero-order valence-electron chi connectivity index (χ0n) is 16.0. The average molecular weight is 386 g/mol. The van der Waals surface area contributed by atoms with E-state index < -0.39 is 23.4 Å². The molecule has 2 aromatic rings. The Bertz CT molecular complexity index is 861. The summed E-state index contributed by atoms with van der Waals surface area (Å²) in [7, 11) is 1.50. The summed E-state index contributed by atoms with van der Waals surface area (Å²) < 4.78 is 5.65. The molecular weight excluding hydrogens is 364 g/mol. The minimum Gasteiger partial charge on any atom is -0.456 e. The van der Waals surface area contributed by atoms with Gasteiger partial charge in [0.15, 0.2) is 0 Å². The molecule has 0 radical (unpaired) electrons. The third kappa shape index (κ3) is 6.24. The Labute approximate surface area is 162 Å². The lowest BCUT2D eigenvalue weighted by molar-refractivity contribution is -0.127.